The number of nitrogens with one attached hydrogen (secondary N) is 2. The minimum Gasteiger partial charge on any atom is -0.496 e. The minimum absolute atomic E-state index is 0.0491. The van der Waals surface area contributed by atoms with Crippen molar-refractivity contribution in [2.45, 2.75) is 19.9 Å². The van der Waals surface area contributed by atoms with E-state index in [4.69, 9.17) is 28.6 Å². The summed E-state index contributed by atoms with van der Waals surface area (Å²) in [5, 5.41) is 17.4. The summed E-state index contributed by atoms with van der Waals surface area (Å²) in [5.41, 5.74) is 0.270. The maximum atomic E-state index is 12.2. The molecule has 2 N–H and O–H groups in total. The van der Waals surface area contributed by atoms with Crippen LogP contribution in [0.1, 0.15) is 23.7 Å². The van der Waals surface area contributed by atoms with E-state index in [0.717, 1.165) is 6.42 Å². The van der Waals surface area contributed by atoms with Crippen LogP contribution in [-0.4, -0.2) is 38.3 Å². The van der Waals surface area contributed by atoms with Gasteiger partial charge in [-0.05, 0) is 42.1 Å². The van der Waals surface area contributed by atoms with Crippen molar-refractivity contribution in [3.05, 3.63) is 28.8 Å². The maximum Gasteiger partial charge on any atom is 0.269 e. The van der Waals surface area contributed by atoms with Crippen LogP contribution in [0.5, 0.6) is 5.75 Å². The molecule has 0 bridgehead atoms. The Hall–Kier alpha value is -2.26. The topological polar surface area (TPSA) is 94.0 Å². The van der Waals surface area contributed by atoms with E-state index in [-0.39, 0.29) is 16.6 Å². The molecule has 1 heterocycles. The average molecular weight is 355 g/mol. The molecule has 0 unspecified atom stereocenters. The van der Waals surface area contributed by atoms with E-state index in [1.165, 1.54) is 18.0 Å². The van der Waals surface area contributed by atoms with Gasteiger partial charge in [-0.3, -0.25) is 15.4 Å². The van der Waals surface area contributed by atoms with E-state index in [9.17, 15) is 4.79 Å². The highest BCUT2D eigenvalue weighted by Crippen LogP contribution is 2.22. The quantitative estimate of drug-likeness (QED) is 0.791. The number of hydrogen-bond acceptors (Lipinski definition) is 6. The summed E-state index contributed by atoms with van der Waals surface area (Å²) in [6.07, 6.45) is 0.880. The fourth-order valence-corrected chi connectivity index (χ4v) is 2.11. The van der Waals surface area contributed by atoms with Gasteiger partial charge in [0, 0.05) is 5.02 Å². The number of thiocarbonyl (C=S) groups is 1. The third-order valence-corrected chi connectivity index (χ3v) is 3.17. The number of benzene rings is 1. The van der Waals surface area contributed by atoms with Crippen molar-refractivity contribution in [2.24, 2.45) is 0 Å². The van der Waals surface area contributed by atoms with Crippen LogP contribution < -0.4 is 15.4 Å². The fourth-order valence-electron chi connectivity index (χ4n) is 1.75. The van der Waals surface area contributed by atoms with Gasteiger partial charge in [0.15, 0.2) is 5.11 Å². The second-order valence-corrected chi connectivity index (χ2v) is 5.31. The minimum atomic E-state index is -0.456. The number of halogens is 1. The van der Waals surface area contributed by atoms with Crippen molar-refractivity contribution < 1.29 is 9.53 Å². The van der Waals surface area contributed by atoms with Crippen molar-refractivity contribution in [1.82, 2.24) is 25.5 Å². The number of carbonyl (C=O) groups is 1. The zero-order chi connectivity index (χ0) is 16.8. The zero-order valence-corrected chi connectivity index (χ0v) is 14.1. The maximum absolute atomic E-state index is 12.2. The third-order valence-electron chi connectivity index (χ3n) is 2.73. The van der Waals surface area contributed by atoms with Gasteiger partial charge in [-0.15, -0.1) is 5.10 Å². The highest BCUT2D eigenvalue weighted by molar-refractivity contribution is 7.80. The highest BCUT2D eigenvalue weighted by Gasteiger charge is 2.15. The second kappa shape index (κ2) is 7.84. The van der Waals surface area contributed by atoms with Gasteiger partial charge in [-0.1, -0.05) is 23.6 Å². The number of rotatable bonds is 5. The molecule has 2 aromatic rings. The molecule has 122 valence electrons. The molecule has 0 saturated carbocycles. The SMILES string of the molecule is CCCn1nnc(NC(=S)NC(=O)c2cc(Cl)ccc2OC)n1. The molecular weight excluding hydrogens is 340 g/mol. The normalized spacial score (nSPS) is 10.2. The van der Waals surface area contributed by atoms with Crippen LogP contribution in [0.25, 0.3) is 0 Å². The van der Waals surface area contributed by atoms with Gasteiger partial charge < -0.3 is 4.74 Å². The summed E-state index contributed by atoms with van der Waals surface area (Å²) in [6.45, 7) is 2.65. The molecule has 0 atom stereocenters. The Bertz CT molecular complexity index is 720. The molecule has 1 amide bonds. The van der Waals surface area contributed by atoms with Crippen LogP contribution in [0.2, 0.25) is 5.02 Å². The van der Waals surface area contributed by atoms with Crippen LogP contribution in [0.3, 0.4) is 0 Å². The van der Waals surface area contributed by atoms with Gasteiger partial charge in [0.25, 0.3) is 11.9 Å². The van der Waals surface area contributed by atoms with E-state index >= 15 is 0 Å². The average Bonchev–Trinajstić information content (AvgIpc) is 2.94. The molecule has 0 radical (unpaired) electrons. The van der Waals surface area contributed by atoms with E-state index in [2.05, 4.69) is 26.0 Å². The lowest BCUT2D eigenvalue weighted by Gasteiger charge is -2.10. The van der Waals surface area contributed by atoms with Gasteiger partial charge in [0.05, 0.1) is 19.2 Å². The highest BCUT2D eigenvalue weighted by atomic mass is 35.5. The number of nitrogens with zero attached hydrogens (tertiary/aromatic N) is 4. The molecule has 0 aliphatic carbocycles. The first-order valence-electron chi connectivity index (χ1n) is 6.77. The van der Waals surface area contributed by atoms with Crippen molar-refractivity contribution in [2.75, 3.05) is 12.4 Å². The van der Waals surface area contributed by atoms with E-state index < -0.39 is 5.91 Å². The molecule has 0 fully saturated rings. The zero-order valence-electron chi connectivity index (χ0n) is 12.5. The lowest BCUT2D eigenvalue weighted by atomic mass is 10.2. The lowest BCUT2D eigenvalue weighted by molar-refractivity contribution is 0.0975. The number of hydrogen-bond donors (Lipinski definition) is 2. The van der Waals surface area contributed by atoms with Gasteiger partial charge >= 0.3 is 0 Å². The Kier molecular flexibility index (Phi) is 5.83. The smallest absolute Gasteiger partial charge is 0.269 e. The largest absolute Gasteiger partial charge is 0.496 e. The summed E-state index contributed by atoms with van der Waals surface area (Å²) in [7, 11) is 1.46. The number of aryl methyl sites for hydroxylation is 1. The molecule has 0 aliphatic rings. The number of carbonyl (C=O) groups excluding carboxylic acids is 1. The van der Waals surface area contributed by atoms with Crippen molar-refractivity contribution >= 4 is 40.8 Å². The van der Waals surface area contributed by atoms with Crippen LogP contribution in [-0.2, 0) is 6.54 Å². The Labute approximate surface area is 143 Å². The number of amides is 1. The standard InChI is InChI=1S/C13H15ClN6O2S/c1-3-6-20-18-12(17-19-20)16-13(23)15-11(21)9-7-8(14)4-5-10(9)22-2/h4-5,7H,3,6H2,1-2H3,(H2,15,16,18,21,23). The monoisotopic (exact) mass is 354 g/mol. The third kappa shape index (κ3) is 4.60. The van der Waals surface area contributed by atoms with Gasteiger partial charge in [-0.25, -0.2) is 0 Å². The first kappa shape index (κ1) is 17.1. The first-order valence-corrected chi connectivity index (χ1v) is 7.55. The predicted molar refractivity (Wildman–Crippen MR) is 89.8 cm³/mol. The van der Waals surface area contributed by atoms with Gasteiger partial charge in [0.2, 0.25) is 0 Å². The van der Waals surface area contributed by atoms with Gasteiger partial charge in [-0.2, -0.15) is 4.80 Å². The van der Waals surface area contributed by atoms with Crippen molar-refractivity contribution in [3.63, 3.8) is 0 Å². The number of tetrazole rings is 1. The number of ether oxygens (including phenoxy) is 1. The molecule has 1 aromatic heterocycles. The summed E-state index contributed by atoms with van der Waals surface area (Å²) < 4.78 is 5.13. The number of aromatic nitrogens is 4. The Morgan fingerprint density at radius 2 is 2.26 bits per heavy atom. The second-order valence-electron chi connectivity index (χ2n) is 4.46. The molecular formula is C13H15ClN6O2S. The molecule has 2 rings (SSSR count). The van der Waals surface area contributed by atoms with E-state index in [1.807, 2.05) is 6.92 Å². The molecule has 0 saturated heterocycles. The molecule has 0 aliphatic heterocycles. The molecule has 0 spiro atoms. The summed E-state index contributed by atoms with van der Waals surface area (Å²) in [4.78, 5) is 13.7. The number of methoxy groups -OCH3 is 1. The van der Waals surface area contributed by atoms with Crippen LogP contribution in [0, 0.1) is 0 Å². The predicted octanol–water partition coefficient (Wildman–Crippen LogP) is 1.87. The lowest BCUT2D eigenvalue weighted by Crippen LogP contribution is -2.34. The molecule has 1 aromatic carbocycles. The van der Waals surface area contributed by atoms with Crippen LogP contribution >= 0.6 is 23.8 Å². The van der Waals surface area contributed by atoms with Crippen molar-refractivity contribution in [1.29, 1.82) is 0 Å². The summed E-state index contributed by atoms with van der Waals surface area (Å²) in [6, 6.07) is 4.73. The molecule has 10 heteroatoms. The summed E-state index contributed by atoms with van der Waals surface area (Å²) >= 11 is 11.0. The van der Waals surface area contributed by atoms with Crippen LogP contribution in [0.15, 0.2) is 18.2 Å². The van der Waals surface area contributed by atoms with Gasteiger partial charge in [0.1, 0.15) is 5.75 Å². The molecule has 23 heavy (non-hydrogen) atoms. The molecule has 8 nitrogen and oxygen atoms in total. The Morgan fingerprint density at radius 1 is 1.48 bits per heavy atom. The Morgan fingerprint density at radius 3 is 2.96 bits per heavy atom. The Balaban J connectivity index is 2.02. The fraction of sp³-hybridized carbons (Fsp3) is 0.308. The van der Waals surface area contributed by atoms with E-state index in [0.29, 0.717) is 17.3 Å². The first-order chi connectivity index (χ1) is 11.0. The van der Waals surface area contributed by atoms with E-state index in [1.54, 1.807) is 12.1 Å². The van der Waals surface area contributed by atoms with Crippen LogP contribution in [0.4, 0.5) is 5.95 Å². The number of anilines is 1. The van der Waals surface area contributed by atoms with Crippen molar-refractivity contribution in [3.8, 4) is 5.75 Å². The summed E-state index contributed by atoms with van der Waals surface area (Å²) in [5.74, 6) is 0.145.